The maximum atomic E-state index is 5.61. The van der Waals surface area contributed by atoms with Crippen molar-refractivity contribution < 1.29 is 0 Å². The summed E-state index contributed by atoms with van der Waals surface area (Å²) in [6.07, 6.45) is 0. The first-order chi connectivity index (χ1) is 2.64. The van der Waals surface area contributed by atoms with Crippen LogP contribution in [0.25, 0.3) is 0 Å². The predicted octanol–water partition coefficient (Wildman–Crippen LogP) is 2.27. The molecular formula is C5H11Cl. The highest BCUT2D eigenvalue weighted by atomic mass is 35.5. The van der Waals surface area contributed by atoms with Crippen LogP contribution in [0, 0.1) is 5.92 Å². The van der Waals surface area contributed by atoms with E-state index in [1.165, 1.54) is 0 Å². The summed E-state index contributed by atoms with van der Waals surface area (Å²) in [4.78, 5) is 0. The van der Waals surface area contributed by atoms with E-state index in [0.29, 0.717) is 11.3 Å². The second kappa shape index (κ2) is 2.46. The first-order valence-electron chi connectivity index (χ1n) is 2.28. The monoisotopic (exact) mass is 106 g/mol. The molecule has 0 heterocycles. The van der Waals surface area contributed by atoms with Gasteiger partial charge in [0.1, 0.15) is 0 Å². The Balaban J connectivity index is 2.99. The van der Waals surface area contributed by atoms with E-state index in [-0.39, 0.29) is 0 Å². The Bertz CT molecular complexity index is 24.9. The molecule has 38 valence electrons. The molecule has 0 N–H and O–H groups in total. The van der Waals surface area contributed by atoms with Crippen molar-refractivity contribution >= 4 is 11.6 Å². The van der Waals surface area contributed by atoms with Gasteiger partial charge in [0.15, 0.2) is 0 Å². The lowest BCUT2D eigenvalue weighted by atomic mass is 10.2. The van der Waals surface area contributed by atoms with E-state index in [0.717, 1.165) is 0 Å². The van der Waals surface area contributed by atoms with E-state index in [1.54, 1.807) is 0 Å². The van der Waals surface area contributed by atoms with Crippen LogP contribution in [0.4, 0.5) is 0 Å². The number of hydrogen-bond donors (Lipinski definition) is 0. The topological polar surface area (TPSA) is 0 Å². The SMILES string of the molecule is CC(C)[C@@H](C)Cl. The van der Waals surface area contributed by atoms with Crippen molar-refractivity contribution in [2.75, 3.05) is 0 Å². The Morgan fingerprint density at radius 2 is 1.33 bits per heavy atom. The van der Waals surface area contributed by atoms with Crippen molar-refractivity contribution in [3.8, 4) is 0 Å². The Hall–Kier alpha value is 0.290. The second-order valence-corrected chi connectivity index (χ2v) is 2.61. The highest BCUT2D eigenvalue weighted by Gasteiger charge is 1.98. The molecule has 6 heavy (non-hydrogen) atoms. The zero-order valence-corrected chi connectivity index (χ0v) is 5.29. The van der Waals surface area contributed by atoms with Gasteiger partial charge in [-0.3, -0.25) is 0 Å². The molecule has 0 rings (SSSR count). The van der Waals surface area contributed by atoms with Crippen LogP contribution in [-0.2, 0) is 0 Å². The first-order valence-corrected chi connectivity index (χ1v) is 2.72. The third kappa shape index (κ3) is 2.52. The van der Waals surface area contributed by atoms with Crippen molar-refractivity contribution in [2.45, 2.75) is 26.1 Å². The van der Waals surface area contributed by atoms with Gasteiger partial charge < -0.3 is 0 Å². The van der Waals surface area contributed by atoms with Gasteiger partial charge in [0.25, 0.3) is 0 Å². The summed E-state index contributed by atoms with van der Waals surface area (Å²) in [5.74, 6) is 0.617. The fraction of sp³-hybridized carbons (Fsp3) is 1.00. The molecule has 0 nitrogen and oxygen atoms in total. The number of halogens is 1. The van der Waals surface area contributed by atoms with Crippen molar-refractivity contribution in [1.29, 1.82) is 0 Å². The van der Waals surface area contributed by atoms with Crippen molar-refractivity contribution in [2.24, 2.45) is 5.92 Å². The van der Waals surface area contributed by atoms with Gasteiger partial charge in [-0.1, -0.05) is 13.8 Å². The summed E-state index contributed by atoms with van der Waals surface area (Å²) in [5, 5.41) is 0.324. The summed E-state index contributed by atoms with van der Waals surface area (Å²) in [7, 11) is 0. The quantitative estimate of drug-likeness (QED) is 0.450. The number of rotatable bonds is 1. The summed E-state index contributed by atoms with van der Waals surface area (Å²) < 4.78 is 0. The van der Waals surface area contributed by atoms with E-state index in [4.69, 9.17) is 11.6 Å². The smallest absolute Gasteiger partial charge is 0.0330 e. The standard InChI is InChI=1S/C5H11Cl/c1-4(2)5(3)6/h4-5H,1-3H3/t5-/m1/s1. The summed E-state index contributed by atoms with van der Waals surface area (Å²) in [6, 6.07) is 0. The van der Waals surface area contributed by atoms with Gasteiger partial charge in [-0.15, -0.1) is 11.6 Å². The van der Waals surface area contributed by atoms with Crippen LogP contribution in [-0.4, -0.2) is 5.38 Å². The van der Waals surface area contributed by atoms with Crippen LogP contribution in [0.5, 0.6) is 0 Å². The molecule has 0 radical (unpaired) electrons. The average Bonchev–Trinajstić information content (AvgIpc) is 1.36. The van der Waals surface area contributed by atoms with Gasteiger partial charge in [-0.05, 0) is 12.8 Å². The van der Waals surface area contributed by atoms with Crippen LogP contribution >= 0.6 is 11.6 Å². The highest BCUT2D eigenvalue weighted by molar-refractivity contribution is 6.20. The van der Waals surface area contributed by atoms with Crippen LogP contribution < -0.4 is 0 Å². The maximum Gasteiger partial charge on any atom is 0.0330 e. The molecule has 0 unspecified atom stereocenters. The highest BCUT2D eigenvalue weighted by Crippen LogP contribution is 2.05. The molecular weight excluding hydrogens is 95.5 g/mol. The lowest BCUT2D eigenvalue weighted by Crippen LogP contribution is -1.99. The molecule has 0 aliphatic heterocycles. The van der Waals surface area contributed by atoms with Crippen LogP contribution in [0.3, 0.4) is 0 Å². The third-order valence-electron chi connectivity index (χ3n) is 0.919. The number of hydrogen-bond acceptors (Lipinski definition) is 0. The lowest BCUT2D eigenvalue weighted by molar-refractivity contribution is 0.635. The second-order valence-electron chi connectivity index (χ2n) is 1.92. The van der Waals surface area contributed by atoms with Gasteiger partial charge in [0, 0.05) is 5.38 Å². The Labute approximate surface area is 44.5 Å². The maximum absolute atomic E-state index is 5.61. The molecule has 0 saturated carbocycles. The van der Waals surface area contributed by atoms with E-state index >= 15 is 0 Å². The van der Waals surface area contributed by atoms with Crippen LogP contribution in [0.15, 0.2) is 0 Å². The minimum Gasteiger partial charge on any atom is -0.123 e. The summed E-state index contributed by atoms with van der Waals surface area (Å²) in [6.45, 7) is 6.22. The summed E-state index contributed by atoms with van der Waals surface area (Å²) >= 11 is 5.61. The van der Waals surface area contributed by atoms with Gasteiger partial charge in [0.2, 0.25) is 0 Å². The van der Waals surface area contributed by atoms with Gasteiger partial charge in [-0.25, -0.2) is 0 Å². The Morgan fingerprint density at radius 3 is 1.33 bits per heavy atom. The van der Waals surface area contributed by atoms with E-state index < -0.39 is 0 Å². The van der Waals surface area contributed by atoms with E-state index in [2.05, 4.69) is 13.8 Å². The fourth-order valence-corrected chi connectivity index (χ4v) is 0. The molecule has 0 fully saturated rings. The molecule has 1 heteroatoms. The molecule has 0 amide bonds. The van der Waals surface area contributed by atoms with Crippen molar-refractivity contribution in [3.63, 3.8) is 0 Å². The zero-order valence-electron chi connectivity index (χ0n) is 4.53. The fourth-order valence-electron chi connectivity index (χ4n) is 0. The molecule has 0 aliphatic rings. The minimum absolute atomic E-state index is 0.324. The Morgan fingerprint density at radius 1 is 1.17 bits per heavy atom. The largest absolute Gasteiger partial charge is 0.123 e. The van der Waals surface area contributed by atoms with Gasteiger partial charge in [0.05, 0.1) is 0 Å². The molecule has 1 atom stereocenters. The average molecular weight is 107 g/mol. The van der Waals surface area contributed by atoms with Crippen LogP contribution in [0.2, 0.25) is 0 Å². The van der Waals surface area contributed by atoms with Crippen molar-refractivity contribution in [3.05, 3.63) is 0 Å². The normalized spacial score (nSPS) is 15.5. The summed E-state index contributed by atoms with van der Waals surface area (Å²) in [5.41, 5.74) is 0. The minimum atomic E-state index is 0.324. The number of alkyl halides is 1. The Kier molecular flexibility index (Phi) is 2.58. The lowest BCUT2D eigenvalue weighted by Gasteiger charge is -2.02. The van der Waals surface area contributed by atoms with E-state index in [9.17, 15) is 0 Å². The van der Waals surface area contributed by atoms with Gasteiger partial charge in [-0.2, -0.15) is 0 Å². The molecule has 0 aromatic carbocycles. The molecule has 0 aromatic heterocycles. The third-order valence-corrected chi connectivity index (χ3v) is 1.42. The van der Waals surface area contributed by atoms with Crippen molar-refractivity contribution in [1.82, 2.24) is 0 Å². The first kappa shape index (κ1) is 6.29. The predicted molar refractivity (Wildman–Crippen MR) is 30.2 cm³/mol. The zero-order chi connectivity index (χ0) is 5.15. The molecule has 0 saturated heterocycles. The van der Waals surface area contributed by atoms with Gasteiger partial charge >= 0.3 is 0 Å². The molecule has 0 spiro atoms. The molecule has 0 aliphatic carbocycles. The molecule has 0 aromatic rings. The van der Waals surface area contributed by atoms with Crippen LogP contribution in [0.1, 0.15) is 20.8 Å². The molecule has 0 bridgehead atoms. The van der Waals surface area contributed by atoms with E-state index in [1.807, 2.05) is 6.92 Å².